The Labute approximate surface area is 91.7 Å². The first kappa shape index (κ1) is 10.4. The zero-order chi connectivity index (χ0) is 10.2. The van der Waals surface area contributed by atoms with E-state index in [4.69, 9.17) is 0 Å². The molecule has 0 bridgehead atoms. The molecule has 0 saturated carbocycles. The van der Waals surface area contributed by atoms with Crippen molar-refractivity contribution in [2.24, 2.45) is 0 Å². The van der Waals surface area contributed by atoms with Gasteiger partial charge < -0.3 is 0 Å². The SMILES string of the molecule is [CH3][Pb]([CH3])([CH3])[C]1=C(C2=[C]CC=C2)CC=C1. The second-order valence-corrected chi connectivity index (χ2v) is 24.5. The Balaban J connectivity index is 2.39. The number of rotatable bonds is 2. The molecular weight excluding hydrogens is 363 g/mol. The predicted octanol–water partition coefficient (Wildman–Crippen LogP) is 3.81. The number of hydrogen-bond donors (Lipinski definition) is 0. The van der Waals surface area contributed by atoms with Crippen molar-refractivity contribution in [1.82, 2.24) is 0 Å². The first-order valence-corrected chi connectivity index (χ1v) is 18.9. The topological polar surface area (TPSA) is 0 Å². The van der Waals surface area contributed by atoms with Crippen molar-refractivity contribution in [3.8, 4) is 0 Å². The van der Waals surface area contributed by atoms with Crippen molar-refractivity contribution in [2.45, 2.75) is 26.3 Å². The summed E-state index contributed by atoms with van der Waals surface area (Å²) >= 11 is -2.01. The summed E-state index contributed by atoms with van der Waals surface area (Å²) in [5.74, 6) is 0. The molecule has 0 spiro atoms. The van der Waals surface area contributed by atoms with E-state index in [1.807, 2.05) is 0 Å². The Bertz CT molecular complexity index is 359. The first-order valence-electron chi connectivity index (χ1n) is 5.27. The maximum absolute atomic E-state index is 3.44. The van der Waals surface area contributed by atoms with Crippen LogP contribution in [0.5, 0.6) is 0 Å². The molecule has 1 radical (unpaired) electrons. The van der Waals surface area contributed by atoms with E-state index in [-0.39, 0.29) is 0 Å². The quantitative estimate of drug-likeness (QED) is 0.639. The van der Waals surface area contributed by atoms with Crippen LogP contribution in [0.25, 0.3) is 0 Å². The van der Waals surface area contributed by atoms with Crippen molar-refractivity contribution in [3.05, 3.63) is 44.7 Å². The first-order chi connectivity index (χ1) is 6.59. The van der Waals surface area contributed by atoms with E-state index in [2.05, 4.69) is 43.8 Å². The monoisotopic (exact) mass is 381 g/mol. The van der Waals surface area contributed by atoms with Crippen LogP contribution >= 0.6 is 0 Å². The molecule has 0 atom stereocenters. The summed E-state index contributed by atoms with van der Waals surface area (Å²) in [4.78, 5) is 0. The standard InChI is InChI=1S/C10H8.3CH3.Pb/c1-2-6-9(5-1)10-7-3-4-8-10;;;;/h1-3,7H,4-5H2;3*1H3;. The Kier molecular flexibility index (Phi) is 2.82. The average Bonchev–Trinajstić information content (AvgIpc) is 2.73. The van der Waals surface area contributed by atoms with Gasteiger partial charge in [0.25, 0.3) is 0 Å². The van der Waals surface area contributed by atoms with Crippen molar-refractivity contribution in [2.75, 3.05) is 0 Å². The maximum atomic E-state index is 3.44. The van der Waals surface area contributed by atoms with E-state index in [0.29, 0.717) is 0 Å². The van der Waals surface area contributed by atoms with E-state index in [1.54, 1.807) is 8.71 Å². The van der Waals surface area contributed by atoms with Crippen molar-refractivity contribution in [3.63, 3.8) is 0 Å². The molecule has 0 heterocycles. The molecule has 0 aliphatic heterocycles. The summed E-state index contributed by atoms with van der Waals surface area (Å²) in [5, 5.41) is 0. The third-order valence-electron chi connectivity index (χ3n) is 2.76. The summed E-state index contributed by atoms with van der Waals surface area (Å²) in [6.45, 7) is 0. The molecule has 0 saturated heterocycles. The van der Waals surface area contributed by atoms with E-state index >= 15 is 0 Å². The zero-order valence-electron chi connectivity index (χ0n) is 9.22. The van der Waals surface area contributed by atoms with Crippen LogP contribution in [0.15, 0.2) is 38.6 Å². The van der Waals surface area contributed by atoms with Gasteiger partial charge in [-0.15, -0.1) is 0 Å². The van der Waals surface area contributed by atoms with Crippen molar-refractivity contribution < 1.29 is 0 Å². The van der Waals surface area contributed by atoms with Crippen molar-refractivity contribution in [1.29, 1.82) is 0 Å². The minimum absolute atomic E-state index is 1.01. The normalized spacial score (nSPS) is 20.9. The molecule has 2 rings (SSSR count). The van der Waals surface area contributed by atoms with Gasteiger partial charge in [0.2, 0.25) is 0 Å². The van der Waals surface area contributed by atoms with Gasteiger partial charge >= 0.3 is 92.1 Å². The van der Waals surface area contributed by atoms with Crippen LogP contribution in [0, 0.1) is 6.08 Å². The molecule has 73 valence electrons. The molecule has 2 aliphatic rings. The van der Waals surface area contributed by atoms with E-state index in [0.717, 1.165) is 12.8 Å². The molecule has 0 nitrogen and oxygen atoms in total. The number of allylic oxidation sites excluding steroid dienone is 8. The van der Waals surface area contributed by atoms with Crippen LogP contribution < -0.4 is 0 Å². The molecular formula is C13H17Pb. The van der Waals surface area contributed by atoms with Gasteiger partial charge in [-0.1, -0.05) is 0 Å². The Morgan fingerprint density at radius 2 is 1.93 bits per heavy atom. The molecule has 0 aromatic heterocycles. The summed E-state index contributed by atoms with van der Waals surface area (Å²) in [5.41, 5.74) is 2.95. The van der Waals surface area contributed by atoms with Gasteiger partial charge in [0, 0.05) is 0 Å². The molecule has 0 aromatic carbocycles. The van der Waals surface area contributed by atoms with Crippen LogP contribution in [0.1, 0.15) is 12.8 Å². The molecule has 0 unspecified atom stereocenters. The second-order valence-electron chi connectivity index (χ2n) is 4.95. The van der Waals surface area contributed by atoms with Crippen LogP contribution in [-0.4, -0.2) is 21.2 Å². The summed E-state index contributed by atoms with van der Waals surface area (Å²) < 4.78 is 9.19. The molecule has 14 heavy (non-hydrogen) atoms. The molecule has 1 heteroatoms. The molecule has 2 aliphatic carbocycles. The summed E-state index contributed by atoms with van der Waals surface area (Å²) in [7, 11) is 0. The van der Waals surface area contributed by atoms with Gasteiger partial charge in [-0.2, -0.15) is 0 Å². The average molecular weight is 380 g/mol. The number of hydrogen-bond acceptors (Lipinski definition) is 0. The Hall–Kier alpha value is -0.118. The fraction of sp³-hybridized carbons (Fsp3) is 0.385. The van der Waals surface area contributed by atoms with Crippen LogP contribution in [-0.2, 0) is 0 Å². The fourth-order valence-corrected chi connectivity index (χ4v) is 8.92. The fourth-order valence-electron chi connectivity index (χ4n) is 2.07. The Morgan fingerprint density at radius 3 is 2.50 bits per heavy atom. The predicted molar refractivity (Wildman–Crippen MR) is 64.6 cm³/mol. The Morgan fingerprint density at radius 1 is 1.14 bits per heavy atom. The summed E-state index contributed by atoms with van der Waals surface area (Å²) in [6.07, 6.45) is 14.7. The minimum atomic E-state index is -2.01. The van der Waals surface area contributed by atoms with Crippen molar-refractivity contribution >= 4 is 21.2 Å². The van der Waals surface area contributed by atoms with E-state index < -0.39 is 21.2 Å². The van der Waals surface area contributed by atoms with Gasteiger partial charge in [0.1, 0.15) is 0 Å². The molecule has 0 fully saturated rings. The zero-order valence-corrected chi connectivity index (χ0v) is 13.1. The molecule has 0 N–H and O–H groups in total. The van der Waals surface area contributed by atoms with Crippen LogP contribution in [0.2, 0.25) is 13.4 Å². The van der Waals surface area contributed by atoms with E-state index in [1.165, 1.54) is 5.57 Å². The van der Waals surface area contributed by atoms with Crippen LogP contribution in [0.4, 0.5) is 0 Å². The third-order valence-corrected chi connectivity index (χ3v) is 10.9. The van der Waals surface area contributed by atoms with Gasteiger partial charge in [0.15, 0.2) is 0 Å². The third kappa shape index (κ3) is 1.95. The molecule has 0 amide bonds. The van der Waals surface area contributed by atoms with Gasteiger partial charge in [0.05, 0.1) is 0 Å². The van der Waals surface area contributed by atoms with Crippen LogP contribution in [0.3, 0.4) is 0 Å². The van der Waals surface area contributed by atoms with Gasteiger partial charge in [-0.25, -0.2) is 0 Å². The van der Waals surface area contributed by atoms with E-state index in [9.17, 15) is 0 Å². The second kappa shape index (κ2) is 3.80. The molecule has 0 aromatic rings. The summed E-state index contributed by atoms with van der Waals surface area (Å²) in [6, 6.07) is 0. The van der Waals surface area contributed by atoms with Gasteiger partial charge in [-0.05, 0) is 0 Å². The van der Waals surface area contributed by atoms with Gasteiger partial charge in [-0.3, -0.25) is 0 Å².